The van der Waals surface area contributed by atoms with Crippen LogP contribution in [0.25, 0.3) is 0 Å². The molecular weight excluding hydrogens is 218 g/mol. The van der Waals surface area contributed by atoms with E-state index in [-0.39, 0.29) is 11.2 Å². The standard InChI is InChI=1S/C12H21N3O2/c1-6-15(9(2)3)8-10-7-11(16)14(5)12(17)13(10)4/h7,9H,6,8H2,1-5H3. The summed E-state index contributed by atoms with van der Waals surface area (Å²) in [4.78, 5) is 25.5. The molecule has 5 nitrogen and oxygen atoms in total. The third kappa shape index (κ3) is 2.85. The molecule has 1 aromatic rings. The van der Waals surface area contributed by atoms with Gasteiger partial charge in [-0.15, -0.1) is 0 Å². The van der Waals surface area contributed by atoms with Gasteiger partial charge in [-0.1, -0.05) is 6.92 Å². The Morgan fingerprint density at radius 1 is 1.24 bits per heavy atom. The highest BCUT2D eigenvalue weighted by Gasteiger charge is 2.12. The van der Waals surface area contributed by atoms with Crippen LogP contribution < -0.4 is 11.2 Å². The lowest BCUT2D eigenvalue weighted by Crippen LogP contribution is -2.40. The van der Waals surface area contributed by atoms with Crippen molar-refractivity contribution in [3.05, 3.63) is 32.6 Å². The van der Waals surface area contributed by atoms with Crippen molar-refractivity contribution in [2.75, 3.05) is 6.54 Å². The first kappa shape index (κ1) is 13.7. The molecular formula is C12H21N3O2. The van der Waals surface area contributed by atoms with Gasteiger partial charge in [-0.3, -0.25) is 18.8 Å². The highest BCUT2D eigenvalue weighted by molar-refractivity contribution is 5.02. The summed E-state index contributed by atoms with van der Waals surface area (Å²) in [6, 6.07) is 1.92. The van der Waals surface area contributed by atoms with Crippen LogP contribution in [0.15, 0.2) is 15.7 Å². The van der Waals surface area contributed by atoms with E-state index in [4.69, 9.17) is 0 Å². The summed E-state index contributed by atoms with van der Waals surface area (Å²) in [7, 11) is 3.19. The molecule has 0 unspecified atom stereocenters. The van der Waals surface area contributed by atoms with Crippen molar-refractivity contribution < 1.29 is 0 Å². The number of nitrogens with zero attached hydrogens (tertiary/aromatic N) is 3. The van der Waals surface area contributed by atoms with Crippen LogP contribution in [0.4, 0.5) is 0 Å². The van der Waals surface area contributed by atoms with Crippen molar-refractivity contribution in [3.8, 4) is 0 Å². The van der Waals surface area contributed by atoms with E-state index in [1.165, 1.54) is 17.7 Å². The lowest BCUT2D eigenvalue weighted by molar-refractivity contribution is 0.218. The molecule has 0 aliphatic rings. The Bertz CT molecular complexity index is 499. The average molecular weight is 239 g/mol. The number of rotatable bonds is 4. The molecule has 96 valence electrons. The Morgan fingerprint density at radius 3 is 2.29 bits per heavy atom. The molecule has 0 bridgehead atoms. The van der Waals surface area contributed by atoms with Crippen LogP contribution in [-0.2, 0) is 20.6 Å². The van der Waals surface area contributed by atoms with Gasteiger partial charge in [0, 0.05) is 38.4 Å². The van der Waals surface area contributed by atoms with Crippen LogP contribution >= 0.6 is 0 Å². The van der Waals surface area contributed by atoms with Crippen LogP contribution in [0, 0.1) is 0 Å². The zero-order valence-electron chi connectivity index (χ0n) is 11.2. The van der Waals surface area contributed by atoms with E-state index in [2.05, 4.69) is 25.7 Å². The molecule has 17 heavy (non-hydrogen) atoms. The molecule has 0 saturated carbocycles. The summed E-state index contributed by atoms with van der Waals surface area (Å²) >= 11 is 0. The van der Waals surface area contributed by atoms with Crippen molar-refractivity contribution in [1.29, 1.82) is 0 Å². The largest absolute Gasteiger partial charge is 0.330 e. The highest BCUT2D eigenvalue weighted by Crippen LogP contribution is 2.04. The highest BCUT2D eigenvalue weighted by atomic mass is 16.2. The maximum Gasteiger partial charge on any atom is 0.330 e. The topological polar surface area (TPSA) is 47.2 Å². The monoisotopic (exact) mass is 239 g/mol. The molecule has 0 aromatic carbocycles. The molecule has 1 rings (SSSR count). The van der Waals surface area contributed by atoms with Crippen molar-refractivity contribution >= 4 is 0 Å². The fraction of sp³-hybridized carbons (Fsp3) is 0.667. The normalized spacial score (nSPS) is 11.5. The second-order valence-corrected chi connectivity index (χ2v) is 4.53. The van der Waals surface area contributed by atoms with E-state index in [1.54, 1.807) is 7.05 Å². The van der Waals surface area contributed by atoms with Gasteiger partial charge in [0.05, 0.1) is 0 Å². The zero-order valence-corrected chi connectivity index (χ0v) is 11.2. The third-order valence-corrected chi connectivity index (χ3v) is 3.13. The molecule has 0 radical (unpaired) electrons. The first-order valence-electron chi connectivity index (χ1n) is 5.88. The van der Waals surface area contributed by atoms with Gasteiger partial charge < -0.3 is 0 Å². The first-order valence-corrected chi connectivity index (χ1v) is 5.88. The molecule has 1 heterocycles. The van der Waals surface area contributed by atoms with Gasteiger partial charge in [-0.25, -0.2) is 4.79 Å². The quantitative estimate of drug-likeness (QED) is 0.760. The van der Waals surface area contributed by atoms with E-state index in [0.717, 1.165) is 16.8 Å². The molecule has 0 saturated heterocycles. The molecule has 0 aliphatic carbocycles. The summed E-state index contributed by atoms with van der Waals surface area (Å²) in [5.41, 5.74) is 0.240. The zero-order chi connectivity index (χ0) is 13.2. The van der Waals surface area contributed by atoms with Gasteiger partial charge in [0.25, 0.3) is 5.56 Å². The van der Waals surface area contributed by atoms with Crippen LogP contribution in [0.2, 0.25) is 0 Å². The third-order valence-electron chi connectivity index (χ3n) is 3.13. The average Bonchev–Trinajstić information content (AvgIpc) is 2.29. The second-order valence-electron chi connectivity index (χ2n) is 4.53. The van der Waals surface area contributed by atoms with Crippen molar-refractivity contribution in [1.82, 2.24) is 14.0 Å². The van der Waals surface area contributed by atoms with E-state index in [1.807, 2.05) is 0 Å². The van der Waals surface area contributed by atoms with Gasteiger partial charge in [-0.2, -0.15) is 0 Å². The van der Waals surface area contributed by atoms with E-state index >= 15 is 0 Å². The lowest BCUT2D eigenvalue weighted by Gasteiger charge is -2.25. The Hall–Kier alpha value is -1.36. The SMILES string of the molecule is CCN(Cc1cc(=O)n(C)c(=O)n1C)C(C)C. The van der Waals surface area contributed by atoms with E-state index in [0.29, 0.717) is 12.6 Å². The number of hydrogen-bond donors (Lipinski definition) is 0. The minimum atomic E-state index is -0.271. The molecule has 0 aliphatic heterocycles. The molecule has 0 amide bonds. The Kier molecular flexibility index (Phi) is 4.28. The number of hydrogen-bond acceptors (Lipinski definition) is 3. The fourth-order valence-electron chi connectivity index (χ4n) is 1.80. The van der Waals surface area contributed by atoms with Gasteiger partial charge in [0.2, 0.25) is 0 Å². The molecule has 0 spiro atoms. The minimum absolute atomic E-state index is 0.247. The van der Waals surface area contributed by atoms with Crippen molar-refractivity contribution in [2.45, 2.75) is 33.4 Å². The van der Waals surface area contributed by atoms with Crippen molar-refractivity contribution in [2.24, 2.45) is 14.1 Å². The Balaban J connectivity index is 3.16. The summed E-state index contributed by atoms with van der Waals surface area (Å²) < 4.78 is 2.65. The minimum Gasteiger partial charge on any atom is -0.299 e. The number of aromatic nitrogens is 2. The molecule has 5 heteroatoms. The predicted molar refractivity (Wildman–Crippen MR) is 68.1 cm³/mol. The van der Waals surface area contributed by atoms with Crippen LogP contribution in [0.1, 0.15) is 26.5 Å². The maximum absolute atomic E-state index is 11.8. The summed E-state index contributed by atoms with van der Waals surface area (Å²) in [5, 5.41) is 0. The van der Waals surface area contributed by atoms with E-state index < -0.39 is 0 Å². The molecule has 0 fully saturated rings. The smallest absolute Gasteiger partial charge is 0.299 e. The summed E-state index contributed by atoms with van der Waals surface area (Å²) in [5.74, 6) is 0. The van der Waals surface area contributed by atoms with Gasteiger partial charge in [0.1, 0.15) is 0 Å². The van der Waals surface area contributed by atoms with Gasteiger partial charge >= 0.3 is 5.69 Å². The summed E-state index contributed by atoms with van der Waals surface area (Å²) in [6.07, 6.45) is 0. The lowest BCUT2D eigenvalue weighted by atomic mass is 10.2. The van der Waals surface area contributed by atoms with E-state index in [9.17, 15) is 9.59 Å². The fourth-order valence-corrected chi connectivity index (χ4v) is 1.80. The first-order chi connectivity index (χ1) is 7.88. The Labute approximate surface area is 101 Å². The van der Waals surface area contributed by atoms with Gasteiger partial charge in [0.15, 0.2) is 0 Å². The maximum atomic E-state index is 11.8. The van der Waals surface area contributed by atoms with Gasteiger partial charge in [-0.05, 0) is 20.4 Å². The second kappa shape index (κ2) is 5.31. The van der Waals surface area contributed by atoms with Crippen molar-refractivity contribution in [3.63, 3.8) is 0 Å². The summed E-state index contributed by atoms with van der Waals surface area (Å²) in [6.45, 7) is 7.78. The van der Waals surface area contributed by atoms with Crippen LogP contribution in [0.5, 0.6) is 0 Å². The molecule has 1 aromatic heterocycles. The predicted octanol–water partition coefficient (Wildman–Crippen LogP) is 0.314. The van der Waals surface area contributed by atoms with Crippen LogP contribution in [0.3, 0.4) is 0 Å². The molecule has 0 N–H and O–H groups in total. The molecule has 0 atom stereocenters. The Morgan fingerprint density at radius 2 is 1.82 bits per heavy atom. The van der Waals surface area contributed by atoms with Crippen LogP contribution in [-0.4, -0.2) is 26.6 Å².